The fraction of sp³-hybridized carbons (Fsp3) is 0.667. The van der Waals surface area contributed by atoms with Crippen molar-refractivity contribution in [2.75, 3.05) is 12.3 Å². The number of hydrogen-bond acceptors (Lipinski definition) is 4. The minimum Gasteiger partial charge on any atom is -0.463 e. The van der Waals surface area contributed by atoms with Crippen molar-refractivity contribution in [1.82, 2.24) is 4.90 Å². The molecule has 0 radical (unpaired) electrons. The molecule has 1 aliphatic rings. The molecule has 0 aliphatic carbocycles. The van der Waals surface area contributed by atoms with Gasteiger partial charge in [-0.1, -0.05) is 6.92 Å². The van der Waals surface area contributed by atoms with Gasteiger partial charge in [0, 0.05) is 23.6 Å². The second-order valence-electron chi connectivity index (χ2n) is 4.36. The molecule has 90 valence electrons. The van der Waals surface area contributed by atoms with Gasteiger partial charge in [0.05, 0.1) is 13.1 Å². The van der Waals surface area contributed by atoms with Gasteiger partial charge in [-0.05, 0) is 19.1 Å². The van der Waals surface area contributed by atoms with E-state index in [2.05, 4.69) is 30.5 Å². The van der Waals surface area contributed by atoms with Crippen molar-refractivity contribution in [2.45, 2.75) is 38.2 Å². The summed E-state index contributed by atoms with van der Waals surface area (Å²) in [7, 11) is 0. The zero-order valence-electron chi connectivity index (χ0n) is 9.98. The molecule has 1 aromatic heterocycles. The van der Waals surface area contributed by atoms with Crippen molar-refractivity contribution < 1.29 is 4.42 Å². The quantitative estimate of drug-likeness (QED) is 0.878. The largest absolute Gasteiger partial charge is 0.463 e. The molecular weight excluding hydrogens is 220 g/mol. The standard InChI is InChI=1S/C12H20N2OS/c1-9-10(2)16-6-5-14(9)8-12-4-3-11(7-13)15-12/h3-4,9-10H,5-8,13H2,1-2H3. The molecule has 1 fully saturated rings. The number of hydrogen-bond donors (Lipinski definition) is 1. The van der Waals surface area contributed by atoms with Gasteiger partial charge in [-0.15, -0.1) is 0 Å². The third kappa shape index (κ3) is 2.62. The first-order chi connectivity index (χ1) is 7.70. The zero-order chi connectivity index (χ0) is 11.5. The van der Waals surface area contributed by atoms with Crippen molar-refractivity contribution in [3.63, 3.8) is 0 Å². The summed E-state index contributed by atoms with van der Waals surface area (Å²) in [5.41, 5.74) is 5.53. The zero-order valence-corrected chi connectivity index (χ0v) is 10.8. The van der Waals surface area contributed by atoms with Crippen molar-refractivity contribution in [3.8, 4) is 0 Å². The molecule has 0 bridgehead atoms. The summed E-state index contributed by atoms with van der Waals surface area (Å²) in [5, 5.41) is 0.706. The lowest BCUT2D eigenvalue weighted by Gasteiger charge is -2.36. The summed E-state index contributed by atoms with van der Waals surface area (Å²) in [6, 6.07) is 4.63. The molecule has 0 aromatic carbocycles. The van der Waals surface area contributed by atoms with E-state index in [1.165, 1.54) is 5.75 Å². The van der Waals surface area contributed by atoms with Crippen LogP contribution in [0.4, 0.5) is 0 Å². The first-order valence-electron chi connectivity index (χ1n) is 5.84. The molecule has 2 atom stereocenters. The number of nitrogens with two attached hydrogens (primary N) is 1. The van der Waals surface area contributed by atoms with E-state index in [0.717, 1.165) is 24.6 Å². The SMILES string of the molecule is CC1SCCN(Cc2ccc(CN)o2)C1C. The minimum atomic E-state index is 0.488. The highest BCUT2D eigenvalue weighted by Gasteiger charge is 2.25. The van der Waals surface area contributed by atoms with Crippen LogP contribution in [-0.4, -0.2) is 28.5 Å². The van der Waals surface area contributed by atoms with Crippen LogP contribution in [0.2, 0.25) is 0 Å². The van der Waals surface area contributed by atoms with Crippen LogP contribution in [0.3, 0.4) is 0 Å². The summed E-state index contributed by atoms with van der Waals surface area (Å²) >= 11 is 2.06. The van der Waals surface area contributed by atoms with Crippen LogP contribution in [0, 0.1) is 0 Å². The third-order valence-corrected chi connectivity index (χ3v) is 4.63. The second-order valence-corrected chi connectivity index (χ2v) is 5.84. The van der Waals surface area contributed by atoms with Crippen LogP contribution in [0.25, 0.3) is 0 Å². The van der Waals surface area contributed by atoms with E-state index >= 15 is 0 Å². The van der Waals surface area contributed by atoms with Crippen molar-refractivity contribution in [2.24, 2.45) is 5.73 Å². The van der Waals surface area contributed by atoms with Gasteiger partial charge in [0.2, 0.25) is 0 Å². The average molecular weight is 240 g/mol. The maximum absolute atomic E-state index is 5.65. The molecule has 16 heavy (non-hydrogen) atoms. The monoisotopic (exact) mass is 240 g/mol. The molecule has 2 unspecified atom stereocenters. The average Bonchev–Trinajstić information content (AvgIpc) is 2.73. The molecule has 1 saturated heterocycles. The molecule has 4 heteroatoms. The minimum absolute atomic E-state index is 0.488. The summed E-state index contributed by atoms with van der Waals surface area (Å²) in [6.07, 6.45) is 0. The Balaban J connectivity index is 1.97. The van der Waals surface area contributed by atoms with Crippen LogP contribution in [0.15, 0.2) is 16.5 Å². The lowest BCUT2D eigenvalue weighted by Crippen LogP contribution is -2.43. The van der Waals surface area contributed by atoms with E-state index in [1.807, 2.05) is 12.1 Å². The molecule has 1 aliphatic heterocycles. The first kappa shape index (κ1) is 12.0. The van der Waals surface area contributed by atoms with E-state index in [-0.39, 0.29) is 0 Å². The van der Waals surface area contributed by atoms with E-state index < -0.39 is 0 Å². The summed E-state index contributed by atoms with van der Waals surface area (Å²) < 4.78 is 5.65. The molecule has 2 N–H and O–H groups in total. The predicted molar refractivity (Wildman–Crippen MR) is 68.4 cm³/mol. The molecule has 2 rings (SSSR count). The highest BCUT2D eigenvalue weighted by molar-refractivity contribution is 8.00. The smallest absolute Gasteiger partial charge is 0.118 e. The lowest BCUT2D eigenvalue weighted by atomic mass is 10.2. The van der Waals surface area contributed by atoms with E-state index in [0.29, 0.717) is 17.8 Å². The van der Waals surface area contributed by atoms with Gasteiger partial charge in [-0.3, -0.25) is 4.90 Å². The lowest BCUT2D eigenvalue weighted by molar-refractivity contribution is 0.188. The van der Waals surface area contributed by atoms with Crippen LogP contribution in [0.5, 0.6) is 0 Å². The molecule has 0 spiro atoms. The van der Waals surface area contributed by atoms with Gasteiger partial charge in [-0.2, -0.15) is 11.8 Å². The van der Waals surface area contributed by atoms with Gasteiger partial charge in [-0.25, -0.2) is 0 Å². The summed E-state index contributed by atoms with van der Waals surface area (Å²) in [4.78, 5) is 2.49. The molecule has 0 amide bonds. The summed E-state index contributed by atoms with van der Waals surface area (Å²) in [5.74, 6) is 3.13. The highest BCUT2D eigenvalue weighted by atomic mass is 32.2. The fourth-order valence-corrected chi connectivity index (χ4v) is 3.20. The molecule has 0 saturated carbocycles. The predicted octanol–water partition coefficient (Wildman–Crippen LogP) is 2.06. The maximum atomic E-state index is 5.65. The summed E-state index contributed by atoms with van der Waals surface area (Å²) in [6.45, 7) is 7.14. The Hall–Kier alpha value is -0.450. The number of thioether (sulfide) groups is 1. The van der Waals surface area contributed by atoms with Gasteiger partial charge < -0.3 is 10.2 Å². The molecule has 3 nitrogen and oxygen atoms in total. The van der Waals surface area contributed by atoms with Crippen molar-refractivity contribution in [1.29, 1.82) is 0 Å². The van der Waals surface area contributed by atoms with Gasteiger partial charge in [0.1, 0.15) is 11.5 Å². The second kappa shape index (κ2) is 5.25. The Morgan fingerprint density at radius 2 is 2.19 bits per heavy atom. The van der Waals surface area contributed by atoms with E-state index in [4.69, 9.17) is 10.2 Å². The normalized spacial score (nSPS) is 27.2. The Kier molecular flexibility index (Phi) is 3.95. The number of nitrogens with zero attached hydrogens (tertiary/aromatic N) is 1. The number of rotatable bonds is 3. The Labute approximate surface area is 101 Å². The Bertz CT molecular complexity index is 340. The topological polar surface area (TPSA) is 42.4 Å². The van der Waals surface area contributed by atoms with Crippen LogP contribution >= 0.6 is 11.8 Å². The van der Waals surface area contributed by atoms with E-state index in [1.54, 1.807) is 0 Å². The van der Waals surface area contributed by atoms with Crippen LogP contribution in [-0.2, 0) is 13.1 Å². The fourth-order valence-electron chi connectivity index (χ4n) is 2.04. The Morgan fingerprint density at radius 1 is 1.44 bits per heavy atom. The third-order valence-electron chi connectivity index (χ3n) is 3.29. The number of furan rings is 1. The molecule has 1 aromatic rings. The van der Waals surface area contributed by atoms with Gasteiger partial charge in [0.15, 0.2) is 0 Å². The van der Waals surface area contributed by atoms with Crippen molar-refractivity contribution in [3.05, 3.63) is 23.7 Å². The maximum Gasteiger partial charge on any atom is 0.118 e. The first-order valence-corrected chi connectivity index (χ1v) is 6.89. The van der Waals surface area contributed by atoms with Gasteiger partial charge >= 0.3 is 0 Å². The Morgan fingerprint density at radius 3 is 2.88 bits per heavy atom. The molecule has 2 heterocycles. The molecular formula is C12H20N2OS. The van der Waals surface area contributed by atoms with Crippen LogP contribution < -0.4 is 5.73 Å². The highest BCUT2D eigenvalue weighted by Crippen LogP contribution is 2.25. The van der Waals surface area contributed by atoms with E-state index in [9.17, 15) is 0 Å². The van der Waals surface area contributed by atoms with Gasteiger partial charge in [0.25, 0.3) is 0 Å². The van der Waals surface area contributed by atoms with Crippen LogP contribution in [0.1, 0.15) is 25.4 Å². The van der Waals surface area contributed by atoms with Crippen molar-refractivity contribution >= 4 is 11.8 Å².